The third-order valence-corrected chi connectivity index (χ3v) is 4.14. The van der Waals surface area contributed by atoms with Crippen molar-refractivity contribution in [2.45, 2.75) is 52.5 Å². The maximum atomic E-state index is 12.3. The molecule has 0 bridgehead atoms. The number of benzene rings is 1. The highest BCUT2D eigenvalue weighted by Crippen LogP contribution is 2.16. The van der Waals surface area contributed by atoms with Gasteiger partial charge in [-0.3, -0.25) is 9.48 Å². The fourth-order valence-corrected chi connectivity index (χ4v) is 2.65. The average molecular weight is 313 g/mol. The number of amides is 1. The molecule has 0 saturated carbocycles. The summed E-state index contributed by atoms with van der Waals surface area (Å²) in [7, 11) is 0. The highest BCUT2D eigenvalue weighted by Gasteiger charge is 2.16. The van der Waals surface area contributed by atoms with Gasteiger partial charge in [-0.05, 0) is 24.8 Å². The predicted octanol–water partition coefficient (Wildman–Crippen LogP) is 4.28. The van der Waals surface area contributed by atoms with Crippen molar-refractivity contribution in [3.8, 4) is 0 Å². The Balaban J connectivity index is 1.85. The van der Waals surface area contributed by atoms with Crippen LogP contribution in [-0.4, -0.2) is 15.7 Å². The van der Waals surface area contributed by atoms with Gasteiger partial charge in [0.1, 0.15) is 0 Å². The molecule has 2 aromatic rings. The molecular formula is C19H27N3O. The molecular weight excluding hydrogens is 286 g/mol. The lowest BCUT2D eigenvalue weighted by Crippen LogP contribution is -2.22. The van der Waals surface area contributed by atoms with Crippen molar-refractivity contribution in [2.75, 3.05) is 5.32 Å². The Hall–Kier alpha value is -2.10. The third kappa shape index (κ3) is 5.55. The first kappa shape index (κ1) is 17.3. The molecule has 0 radical (unpaired) electrons. The highest BCUT2D eigenvalue weighted by atomic mass is 16.1. The van der Waals surface area contributed by atoms with Crippen molar-refractivity contribution >= 4 is 11.6 Å². The minimum absolute atomic E-state index is 0.0996. The molecule has 0 aliphatic carbocycles. The molecule has 23 heavy (non-hydrogen) atoms. The smallest absolute Gasteiger partial charge is 0.227 e. The molecule has 1 N–H and O–H groups in total. The molecule has 0 spiro atoms. The topological polar surface area (TPSA) is 46.9 Å². The number of aromatic nitrogens is 2. The first-order valence-electron chi connectivity index (χ1n) is 8.60. The van der Waals surface area contributed by atoms with Crippen molar-refractivity contribution in [1.29, 1.82) is 0 Å². The van der Waals surface area contributed by atoms with Crippen LogP contribution in [0.2, 0.25) is 0 Å². The summed E-state index contributed by atoms with van der Waals surface area (Å²) in [6.07, 6.45) is 8.64. The second kappa shape index (κ2) is 9.13. The molecule has 1 heterocycles. The second-order valence-electron chi connectivity index (χ2n) is 5.96. The maximum absolute atomic E-state index is 12.3. The van der Waals surface area contributed by atoms with Gasteiger partial charge in [-0.25, -0.2) is 0 Å². The van der Waals surface area contributed by atoms with E-state index in [9.17, 15) is 4.79 Å². The van der Waals surface area contributed by atoms with Gasteiger partial charge in [0.2, 0.25) is 5.91 Å². The van der Waals surface area contributed by atoms with Crippen LogP contribution in [0.1, 0.15) is 45.1 Å². The Morgan fingerprint density at radius 3 is 2.74 bits per heavy atom. The van der Waals surface area contributed by atoms with E-state index >= 15 is 0 Å². The van der Waals surface area contributed by atoms with Crippen LogP contribution >= 0.6 is 0 Å². The molecule has 1 unspecified atom stereocenters. The Morgan fingerprint density at radius 2 is 2.04 bits per heavy atom. The van der Waals surface area contributed by atoms with Crippen molar-refractivity contribution in [1.82, 2.24) is 9.78 Å². The van der Waals surface area contributed by atoms with Crippen molar-refractivity contribution in [2.24, 2.45) is 5.92 Å². The van der Waals surface area contributed by atoms with Gasteiger partial charge < -0.3 is 5.32 Å². The molecule has 0 saturated heterocycles. The summed E-state index contributed by atoms with van der Waals surface area (Å²) in [6, 6.07) is 10.3. The molecule has 1 atom stereocenters. The summed E-state index contributed by atoms with van der Waals surface area (Å²) in [5, 5.41) is 7.33. The number of carbonyl (C=O) groups is 1. The predicted molar refractivity (Wildman–Crippen MR) is 94.3 cm³/mol. The first-order valence-corrected chi connectivity index (χ1v) is 8.60. The minimum Gasteiger partial charge on any atom is -0.323 e. The van der Waals surface area contributed by atoms with Crippen LogP contribution in [0.5, 0.6) is 0 Å². The molecule has 0 aliphatic rings. The number of anilines is 1. The molecule has 4 nitrogen and oxygen atoms in total. The summed E-state index contributed by atoms with van der Waals surface area (Å²) in [6.45, 7) is 5.04. The van der Waals surface area contributed by atoms with Crippen LogP contribution < -0.4 is 5.32 Å². The molecule has 0 fully saturated rings. The van der Waals surface area contributed by atoms with Gasteiger partial charge in [0.15, 0.2) is 0 Å². The number of carbonyl (C=O) groups excluding carboxylic acids is 1. The van der Waals surface area contributed by atoms with Gasteiger partial charge in [-0.1, -0.05) is 57.0 Å². The lowest BCUT2D eigenvalue weighted by Gasteiger charge is -2.13. The lowest BCUT2D eigenvalue weighted by molar-refractivity contribution is -0.120. The van der Waals surface area contributed by atoms with E-state index in [2.05, 4.69) is 36.4 Å². The second-order valence-corrected chi connectivity index (χ2v) is 5.96. The molecule has 1 aromatic carbocycles. The van der Waals surface area contributed by atoms with E-state index in [4.69, 9.17) is 0 Å². The standard InChI is InChI=1S/C19H27N3O/c1-3-5-11-17(4-2)19(23)21-18-14-20-22(15-18)13-12-16-9-7-6-8-10-16/h6-10,14-15,17H,3-5,11-13H2,1-2H3,(H,21,23). The molecule has 4 heteroatoms. The fourth-order valence-electron chi connectivity index (χ4n) is 2.65. The molecule has 1 amide bonds. The Kier molecular flexibility index (Phi) is 6.85. The van der Waals surface area contributed by atoms with Crippen LogP contribution in [-0.2, 0) is 17.8 Å². The summed E-state index contributed by atoms with van der Waals surface area (Å²) in [5.74, 6) is 0.214. The van der Waals surface area contributed by atoms with E-state index < -0.39 is 0 Å². The van der Waals surface area contributed by atoms with Gasteiger partial charge in [-0.2, -0.15) is 5.10 Å². The Morgan fingerprint density at radius 1 is 1.26 bits per heavy atom. The van der Waals surface area contributed by atoms with E-state index in [1.54, 1.807) is 6.20 Å². The first-order chi connectivity index (χ1) is 11.2. The third-order valence-electron chi connectivity index (χ3n) is 4.14. The van der Waals surface area contributed by atoms with E-state index in [0.29, 0.717) is 0 Å². The normalized spacial score (nSPS) is 12.1. The molecule has 124 valence electrons. The van der Waals surface area contributed by atoms with Gasteiger partial charge in [0, 0.05) is 18.7 Å². The zero-order valence-electron chi connectivity index (χ0n) is 14.2. The Labute approximate surface area is 138 Å². The molecule has 0 aliphatic heterocycles. The SMILES string of the molecule is CCCCC(CC)C(=O)Nc1cnn(CCc2ccccc2)c1. The van der Waals surface area contributed by atoms with E-state index in [1.807, 2.05) is 29.1 Å². The average Bonchev–Trinajstić information content (AvgIpc) is 3.02. The van der Waals surface area contributed by atoms with Crippen LogP contribution in [0, 0.1) is 5.92 Å². The van der Waals surface area contributed by atoms with Crippen LogP contribution in [0.3, 0.4) is 0 Å². The number of hydrogen-bond donors (Lipinski definition) is 1. The largest absolute Gasteiger partial charge is 0.323 e. The van der Waals surface area contributed by atoms with Crippen molar-refractivity contribution in [3.63, 3.8) is 0 Å². The van der Waals surface area contributed by atoms with Gasteiger partial charge in [0.05, 0.1) is 11.9 Å². The summed E-state index contributed by atoms with van der Waals surface area (Å²) in [4.78, 5) is 12.3. The van der Waals surface area contributed by atoms with Crippen molar-refractivity contribution < 1.29 is 4.79 Å². The summed E-state index contributed by atoms with van der Waals surface area (Å²) < 4.78 is 1.88. The quantitative estimate of drug-likeness (QED) is 0.751. The van der Waals surface area contributed by atoms with E-state index in [1.165, 1.54) is 5.56 Å². The summed E-state index contributed by atoms with van der Waals surface area (Å²) >= 11 is 0. The Bertz CT molecular complexity index is 592. The van der Waals surface area contributed by atoms with E-state index in [-0.39, 0.29) is 11.8 Å². The van der Waals surface area contributed by atoms with Gasteiger partial charge in [0.25, 0.3) is 0 Å². The number of hydrogen-bond acceptors (Lipinski definition) is 2. The highest BCUT2D eigenvalue weighted by molar-refractivity contribution is 5.92. The number of nitrogens with zero attached hydrogens (tertiary/aromatic N) is 2. The fraction of sp³-hybridized carbons (Fsp3) is 0.474. The molecule has 1 aromatic heterocycles. The number of unbranched alkanes of at least 4 members (excludes halogenated alkanes) is 1. The zero-order valence-corrected chi connectivity index (χ0v) is 14.2. The monoisotopic (exact) mass is 313 g/mol. The number of nitrogens with one attached hydrogen (secondary N) is 1. The minimum atomic E-state index is 0.0996. The van der Waals surface area contributed by atoms with Crippen LogP contribution in [0.25, 0.3) is 0 Å². The summed E-state index contributed by atoms with van der Waals surface area (Å²) in [5.41, 5.74) is 2.08. The van der Waals surface area contributed by atoms with Crippen LogP contribution in [0.15, 0.2) is 42.7 Å². The van der Waals surface area contributed by atoms with Gasteiger partial charge >= 0.3 is 0 Å². The molecule has 2 rings (SSSR count). The zero-order chi connectivity index (χ0) is 16.5. The van der Waals surface area contributed by atoms with Gasteiger partial charge in [-0.15, -0.1) is 0 Å². The van der Waals surface area contributed by atoms with Crippen LogP contribution in [0.4, 0.5) is 5.69 Å². The number of aryl methyl sites for hydroxylation is 2. The lowest BCUT2D eigenvalue weighted by atomic mass is 9.98. The van der Waals surface area contributed by atoms with E-state index in [0.717, 1.165) is 44.3 Å². The number of rotatable bonds is 9. The maximum Gasteiger partial charge on any atom is 0.227 e. The van der Waals surface area contributed by atoms with Crippen molar-refractivity contribution in [3.05, 3.63) is 48.3 Å².